The number of halogens is 2. The van der Waals surface area contributed by atoms with E-state index in [0.717, 1.165) is 5.56 Å². The van der Waals surface area contributed by atoms with Gasteiger partial charge in [0.1, 0.15) is 0 Å². The van der Waals surface area contributed by atoms with Gasteiger partial charge in [0, 0.05) is 28.7 Å². The first kappa shape index (κ1) is 12.7. The maximum absolute atomic E-state index is 9.10. The average molecular weight is 250 g/mol. The summed E-state index contributed by atoms with van der Waals surface area (Å²) < 4.78 is 0. The van der Waals surface area contributed by atoms with Gasteiger partial charge in [-0.25, -0.2) is 0 Å². The van der Waals surface area contributed by atoms with Gasteiger partial charge in [0.25, 0.3) is 0 Å². The lowest BCUT2D eigenvalue weighted by Gasteiger charge is -2.10. The zero-order chi connectivity index (χ0) is 11.3. The molecule has 0 saturated heterocycles. The Labute approximate surface area is 98.6 Å². The molecule has 0 aliphatic carbocycles. The Kier molecular flexibility index (Phi) is 5.36. The fourth-order valence-electron chi connectivity index (χ4n) is 1.13. The van der Waals surface area contributed by atoms with Gasteiger partial charge in [-0.05, 0) is 12.1 Å². The van der Waals surface area contributed by atoms with Gasteiger partial charge in [-0.1, -0.05) is 29.3 Å². The van der Waals surface area contributed by atoms with Crippen LogP contribution in [-0.4, -0.2) is 29.5 Å². The first-order valence-corrected chi connectivity index (χ1v) is 5.33. The quantitative estimate of drug-likeness (QED) is 0.741. The van der Waals surface area contributed by atoms with Crippen LogP contribution >= 0.6 is 23.2 Å². The molecule has 0 amide bonds. The third-order valence-corrected chi connectivity index (χ3v) is 2.66. The summed E-state index contributed by atoms with van der Waals surface area (Å²) in [4.78, 5) is 0. The van der Waals surface area contributed by atoms with Gasteiger partial charge >= 0.3 is 0 Å². The van der Waals surface area contributed by atoms with Gasteiger partial charge in [0.05, 0.1) is 12.7 Å². The van der Waals surface area contributed by atoms with E-state index in [-0.39, 0.29) is 6.61 Å². The molecule has 0 aliphatic rings. The van der Waals surface area contributed by atoms with Crippen molar-refractivity contribution in [2.45, 2.75) is 12.6 Å². The fraction of sp³-hybridized carbons (Fsp3) is 0.400. The average Bonchev–Trinajstić information content (AvgIpc) is 2.22. The molecule has 3 N–H and O–H groups in total. The van der Waals surface area contributed by atoms with E-state index >= 15 is 0 Å². The smallest absolute Gasteiger partial charge is 0.0895 e. The number of hydrogen-bond donors (Lipinski definition) is 3. The molecule has 15 heavy (non-hydrogen) atoms. The maximum Gasteiger partial charge on any atom is 0.0895 e. The molecular formula is C10H13Cl2NO2. The van der Waals surface area contributed by atoms with Crippen LogP contribution in [0.15, 0.2) is 18.2 Å². The van der Waals surface area contributed by atoms with Crippen LogP contribution in [0.25, 0.3) is 0 Å². The molecule has 1 aromatic carbocycles. The minimum absolute atomic E-state index is 0.261. The summed E-state index contributed by atoms with van der Waals surface area (Å²) in [6.45, 7) is 0.511. The largest absolute Gasteiger partial charge is 0.394 e. The van der Waals surface area contributed by atoms with E-state index in [1.54, 1.807) is 18.2 Å². The van der Waals surface area contributed by atoms with Crippen molar-refractivity contribution in [3.63, 3.8) is 0 Å². The fourth-order valence-corrected chi connectivity index (χ4v) is 1.66. The molecule has 0 aliphatic heterocycles. The van der Waals surface area contributed by atoms with E-state index in [0.29, 0.717) is 23.1 Å². The van der Waals surface area contributed by atoms with E-state index in [9.17, 15) is 0 Å². The van der Waals surface area contributed by atoms with Crippen molar-refractivity contribution < 1.29 is 10.2 Å². The third-order valence-electron chi connectivity index (χ3n) is 1.95. The molecule has 0 fully saturated rings. The summed E-state index contributed by atoms with van der Waals surface area (Å²) in [5.74, 6) is 0. The molecule has 1 rings (SSSR count). The molecular weight excluding hydrogens is 237 g/mol. The molecule has 5 heteroatoms. The Bertz CT molecular complexity index is 300. The van der Waals surface area contributed by atoms with Crippen molar-refractivity contribution in [1.29, 1.82) is 0 Å². The van der Waals surface area contributed by atoms with Gasteiger partial charge in [0.15, 0.2) is 0 Å². The number of aliphatic hydroxyl groups excluding tert-OH is 2. The molecule has 0 heterocycles. The van der Waals surface area contributed by atoms with Crippen molar-refractivity contribution in [2.24, 2.45) is 0 Å². The Morgan fingerprint density at radius 3 is 2.40 bits per heavy atom. The number of benzene rings is 1. The highest BCUT2D eigenvalue weighted by atomic mass is 35.5. The summed E-state index contributed by atoms with van der Waals surface area (Å²) in [6.07, 6.45) is -0.758. The van der Waals surface area contributed by atoms with E-state index in [2.05, 4.69) is 5.32 Å². The molecule has 0 radical (unpaired) electrons. The van der Waals surface area contributed by atoms with Gasteiger partial charge in [0.2, 0.25) is 0 Å². The normalized spacial score (nSPS) is 12.8. The Morgan fingerprint density at radius 2 is 1.87 bits per heavy atom. The van der Waals surface area contributed by atoms with E-state index < -0.39 is 6.10 Å². The molecule has 0 bridgehead atoms. The van der Waals surface area contributed by atoms with Crippen molar-refractivity contribution in [2.75, 3.05) is 13.2 Å². The van der Waals surface area contributed by atoms with Crippen LogP contribution < -0.4 is 5.32 Å². The van der Waals surface area contributed by atoms with Crippen LogP contribution in [0.1, 0.15) is 5.56 Å². The topological polar surface area (TPSA) is 52.5 Å². The lowest BCUT2D eigenvalue weighted by molar-refractivity contribution is 0.0942. The lowest BCUT2D eigenvalue weighted by atomic mass is 10.2. The zero-order valence-corrected chi connectivity index (χ0v) is 9.59. The van der Waals surface area contributed by atoms with Crippen LogP contribution in [0.3, 0.4) is 0 Å². The van der Waals surface area contributed by atoms with Crippen LogP contribution in [0.4, 0.5) is 0 Å². The molecule has 0 unspecified atom stereocenters. The highest BCUT2D eigenvalue weighted by Crippen LogP contribution is 2.23. The molecule has 3 nitrogen and oxygen atoms in total. The molecule has 84 valence electrons. The molecule has 0 saturated carbocycles. The van der Waals surface area contributed by atoms with E-state index in [4.69, 9.17) is 33.4 Å². The monoisotopic (exact) mass is 249 g/mol. The molecule has 1 atom stereocenters. The van der Waals surface area contributed by atoms with Crippen LogP contribution in [0, 0.1) is 0 Å². The van der Waals surface area contributed by atoms with Crippen LogP contribution in [0.5, 0.6) is 0 Å². The molecule has 0 aromatic heterocycles. The Morgan fingerprint density at radius 1 is 1.27 bits per heavy atom. The summed E-state index contributed by atoms with van der Waals surface area (Å²) in [6, 6.07) is 5.29. The number of nitrogens with one attached hydrogen (secondary N) is 1. The van der Waals surface area contributed by atoms with E-state index in [1.807, 2.05) is 0 Å². The molecule has 1 aromatic rings. The van der Waals surface area contributed by atoms with Crippen LogP contribution in [-0.2, 0) is 6.54 Å². The summed E-state index contributed by atoms with van der Waals surface area (Å²) in [5.41, 5.74) is 0.797. The highest BCUT2D eigenvalue weighted by molar-refractivity contribution is 6.35. The summed E-state index contributed by atoms with van der Waals surface area (Å²) >= 11 is 11.9. The van der Waals surface area contributed by atoms with Gasteiger partial charge in [-0.2, -0.15) is 0 Å². The Hall–Kier alpha value is -0.320. The maximum atomic E-state index is 9.10. The minimum atomic E-state index is -0.758. The third kappa shape index (κ3) is 3.97. The van der Waals surface area contributed by atoms with Crippen LogP contribution in [0.2, 0.25) is 10.0 Å². The summed E-state index contributed by atoms with van der Waals surface area (Å²) in [7, 11) is 0. The minimum Gasteiger partial charge on any atom is -0.394 e. The zero-order valence-electron chi connectivity index (χ0n) is 8.08. The van der Waals surface area contributed by atoms with E-state index in [1.165, 1.54) is 0 Å². The second kappa shape index (κ2) is 6.30. The van der Waals surface area contributed by atoms with Crippen molar-refractivity contribution in [1.82, 2.24) is 5.32 Å². The second-order valence-corrected chi connectivity index (χ2v) is 3.98. The van der Waals surface area contributed by atoms with Gasteiger partial charge in [-0.3, -0.25) is 0 Å². The first-order valence-electron chi connectivity index (χ1n) is 4.57. The highest BCUT2D eigenvalue weighted by Gasteiger charge is 2.06. The number of aliphatic hydroxyl groups is 2. The second-order valence-electron chi connectivity index (χ2n) is 3.17. The Balaban J connectivity index is 2.50. The molecule has 0 spiro atoms. The lowest BCUT2D eigenvalue weighted by Crippen LogP contribution is -2.29. The predicted molar refractivity (Wildman–Crippen MR) is 61.3 cm³/mol. The van der Waals surface area contributed by atoms with Gasteiger partial charge < -0.3 is 15.5 Å². The van der Waals surface area contributed by atoms with Crippen molar-refractivity contribution in [3.05, 3.63) is 33.8 Å². The standard InChI is InChI=1S/C10H13Cl2NO2/c11-9-2-1-3-10(12)8(9)5-13-4-7(15)6-14/h1-3,7,13-15H,4-6H2/t7-/m1/s1. The SMILES string of the molecule is OC[C@H](O)CNCc1c(Cl)cccc1Cl. The number of hydrogen-bond acceptors (Lipinski definition) is 3. The van der Waals surface area contributed by atoms with Crippen molar-refractivity contribution >= 4 is 23.2 Å². The first-order chi connectivity index (χ1) is 7.15. The van der Waals surface area contributed by atoms with Crippen molar-refractivity contribution in [3.8, 4) is 0 Å². The predicted octanol–water partition coefficient (Wildman–Crippen LogP) is 1.44. The van der Waals surface area contributed by atoms with Gasteiger partial charge in [-0.15, -0.1) is 0 Å². The number of rotatable bonds is 5. The summed E-state index contributed by atoms with van der Waals surface area (Å²) in [5, 5.41) is 21.8.